The van der Waals surface area contributed by atoms with Crippen molar-refractivity contribution in [3.63, 3.8) is 0 Å². The van der Waals surface area contributed by atoms with E-state index >= 15 is 0 Å². The van der Waals surface area contributed by atoms with Crippen molar-refractivity contribution in [3.05, 3.63) is 36.0 Å². The molecule has 10 nitrogen and oxygen atoms in total. The summed E-state index contributed by atoms with van der Waals surface area (Å²) in [5.41, 5.74) is 0.929. The number of esters is 1. The molecule has 0 aliphatic heterocycles. The topological polar surface area (TPSA) is 119 Å². The van der Waals surface area contributed by atoms with Crippen LogP contribution in [0.15, 0.2) is 29.1 Å². The first kappa shape index (κ1) is 18.0. The van der Waals surface area contributed by atoms with E-state index in [1.54, 1.807) is 26.4 Å². The van der Waals surface area contributed by atoms with Gasteiger partial charge in [-0.15, -0.1) is 0 Å². The Morgan fingerprint density at radius 1 is 1.36 bits per heavy atom. The lowest BCUT2D eigenvalue weighted by molar-refractivity contribution is -0.129. The molecule has 2 aromatic rings. The molecule has 0 saturated heterocycles. The maximum Gasteiger partial charge on any atom is 0.374 e. The fraction of sp³-hybridized carbons (Fsp3) is 0.333. The molecule has 0 unspecified atom stereocenters. The number of ether oxygens (including phenoxy) is 1. The number of likely N-dealkylation sites (N-methyl/N-ethyl adjacent to an activating group) is 1. The Labute approximate surface area is 143 Å². The third-order valence-corrected chi connectivity index (χ3v) is 3.24. The van der Waals surface area contributed by atoms with Crippen molar-refractivity contribution in [2.24, 2.45) is 0 Å². The minimum absolute atomic E-state index is 0.0396. The monoisotopic (exact) mass is 349 g/mol. The zero-order valence-corrected chi connectivity index (χ0v) is 14.1. The summed E-state index contributed by atoms with van der Waals surface area (Å²) in [7, 11) is 4.54. The Bertz CT molecular complexity index is 764. The summed E-state index contributed by atoms with van der Waals surface area (Å²) in [5.74, 6) is -0.693. The van der Waals surface area contributed by atoms with E-state index < -0.39 is 12.0 Å². The number of hydrogen-bond acceptors (Lipinski definition) is 6. The minimum atomic E-state index is -0.617. The Morgan fingerprint density at radius 3 is 2.80 bits per heavy atom. The molecule has 2 N–H and O–H groups in total. The highest BCUT2D eigenvalue weighted by Gasteiger charge is 2.16. The van der Waals surface area contributed by atoms with E-state index in [1.807, 2.05) is 0 Å². The highest BCUT2D eigenvalue weighted by atomic mass is 16.5. The number of nitrogens with zero attached hydrogens (tertiary/aromatic N) is 3. The Hall–Kier alpha value is -3.30. The molecule has 2 rings (SSSR count). The average molecular weight is 349 g/mol. The van der Waals surface area contributed by atoms with Gasteiger partial charge in [-0.05, 0) is 6.07 Å². The van der Waals surface area contributed by atoms with Gasteiger partial charge in [0.2, 0.25) is 11.7 Å². The first-order valence-electron chi connectivity index (χ1n) is 7.33. The van der Waals surface area contributed by atoms with Gasteiger partial charge in [-0.2, -0.15) is 5.10 Å². The van der Waals surface area contributed by atoms with Crippen LogP contribution in [0.5, 0.6) is 0 Å². The van der Waals surface area contributed by atoms with Gasteiger partial charge >= 0.3 is 12.0 Å². The van der Waals surface area contributed by atoms with Crippen LogP contribution < -0.4 is 10.6 Å². The summed E-state index contributed by atoms with van der Waals surface area (Å²) in [6.07, 6.45) is 4.31. The molecule has 0 aliphatic carbocycles. The Kier molecular flexibility index (Phi) is 5.77. The van der Waals surface area contributed by atoms with Gasteiger partial charge in [-0.1, -0.05) is 0 Å². The maximum absolute atomic E-state index is 11.9. The van der Waals surface area contributed by atoms with Crippen LogP contribution in [0, 0.1) is 0 Å². The van der Waals surface area contributed by atoms with Crippen LogP contribution in [0.3, 0.4) is 0 Å². The number of aromatic nitrogens is 2. The highest BCUT2D eigenvalue weighted by molar-refractivity contribution is 5.90. The molecule has 0 atom stereocenters. The summed E-state index contributed by atoms with van der Waals surface area (Å²) < 4.78 is 11.0. The van der Waals surface area contributed by atoms with Crippen LogP contribution >= 0.6 is 0 Å². The third-order valence-electron chi connectivity index (χ3n) is 3.24. The second-order valence-corrected chi connectivity index (χ2v) is 5.29. The molecule has 25 heavy (non-hydrogen) atoms. The van der Waals surface area contributed by atoms with Gasteiger partial charge in [-0.3, -0.25) is 9.48 Å². The van der Waals surface area contributed by atoms with Crippen LogP contribution in [0.4, 0.5) is 10.5 Å². The maximum atomic E-state index is 11.9. The molecule has 0 spiro atoms. The minimum Gasteiger partial charge on any atom is -0.463 e. The smallest absolute Gasteiger partial charge is 0.374 e. The van der Waals surface area contributed by atoms with E-state index in [0.717, 1.165) is 0 Å². The molecule has 0 saturated carbocycles. The van der Waals surface area contributed by atoms with Crippen LogP contribution in [0.1, 0.15) is 16.1 Å². The van der Waals surface area contributed by atoms with Crippen LogP contribution in [0.2, 0.25) is 0 Å². The van der Waals surface area contributed by atoms with E-state index in [2.05, 4.69) is 20.5 Å². The van der Waals surface area contributed by atoms with Crippen LogP contribution in [-0.4, -0.2) is 53.8 Å². The van der Waals surface area contributed by atoms with Gasteiger partial charge in [0, 0.05) is 32.4 Å². The van der Waals surface area contributed by atoms with Crippen LogP contribution in [0.25, 0.3) is 0 Å². The van der Waals surface area contributed by atoms with E-state index in [1.165, 1.54) is 29.2 Å². The second-order valence-electron chi connectivity index (χ2n) is 5.29. The van der Waals surface area contributed by atoms with Crippen molar-refractivity contribution in [2.75, 3.05) is 26.5 Å². The third kappa shape index (κ3) is 4.83. The lowest BCUT2D eigenvalue weighted by Gasteiger charge is -2.09. The van der Waals surface area contributed by atoms with Crippen molar-refractivity contribution < 1.29 is 23.5 Å². The molecule has 0 fully saturated rings. The quantitative estimate of drug-likeness (QED) is 0.740. The van der Waals surface area contributed by atoms with Gasteiger partial charge in [-0.25, -0.2) is 9.59 Å². The van der Waals surface area contributed by atoms with Crippen molar-refractivity contribution in [1.82, 2.24) is 20.0 Å². The molecule has 0 bridgehead atoms. The number of urea groups is 1. The molecule has 134 valence electrons. The lowest BCUT2D eigenvalue weighted by Crippen LogP contribution is -2.28. The number of nitrogens with one attached hydrogen (secondary N) is 2. The van der Waals surface area contributed by atoms with Gasteiger partial charge in [0.1, 0.15) is 6.54 Å². The second kappa shape index (κ2) is 7.99. The molecule has 2 heterocycles. The first-order valence-corrected chi connectivity index (χ1v) is 7.33. The van der Waals surface area contributed by atoms with Gasteiger partial charge in [0.05, 0.1) is 25.3 Å². The summed E-state index contributed by atoms with van der Waals surface area (Å²) in [6, 6.07) is 1.08. The zero-order chi connectivity index (χ0) is 18.4. The molecule has 0 aromatic carbocycles. The normalized spacial score (nSPS) is 10.2. The first-order chi connectivity index (χ1) is 11.9. The lowest BCUT2D eigenvalue weighted by atomic mass is 10.2. The molecular weight excluding hydrogens is 330 g/mol. The number of rotatable bonds is 6. The van der Waals surface area contributed by atoms with Crippen molar-refractivity contribution in [3.8, 4) is 0 Å². The van der Waals surface area contributed by atoms with Gasteiger partial charge < -0.3 is 24.7 Å². The summed E-state index contributed by atoms with van der Waals surface area (Å²) >= 11 is 0. The van der Waals surface area contributed by atoms with Crippen molar-refractivity contribution in [2.45, 2.75) is 13.1 Å². The summed E-state index contributed by atoms with van der Waals surface area (Å²) in [6.45, 7) is 0.161. The fourth-order valence-corrected chi connectivity index (χ4v) is 1.89. The largest absolute Gasteiger partial charge is 0.463 e. The molecule has 2 aromatic heterocycles. The van der Waals surface area contributed by atoms with E-state index in [9.17, 15) is 14.4 Å². The molecular formula is C15H19N5O5. The summed E-state index contributed by atoms with van der Waals surface area (Å²) in [4.78, 5) is 36.5. The molecule has 0 aliphatic rings. The number of anilines is 1. The van der Waals surface area contributed by atoms with Crippen LogP contribution in [-0.2, 0) is 22.6 Å². The molecule has 10 heteroatoms. The highest BCUT2D eigenvalue weighted by Crippen LogP contribution is 2.12. The zero-order valence-electron chi connectivity index (χ0n) is 14.1. The number of methoxy groups -OCH3 is 1. The number of carbonyl (C=O) groups excluding carboxylic acids is 3. The Balaban J connectivity index is 1.87. The predicted molar refractivity (Wildman–Crippen MR) is 86.8 cm³/mol. The van der Waals surface area contributed by atoms with Gasteiger partial charge in [0.25, 0.3) is 0 Å². The SMILES string of the molecule is COC(=O)c1occc1CNC(=O)Nc1cnn(CC(=O)N(C)C)c1. The molecule has 3 amide bonds. The predicted octanol–water partition coefficient (Wildman–Crippen LogP) is 0.673. The van der Waals surface area contributed by atoms with Crippen molar-refractivity contribution >= 4 is 23.6 Å². The molecule has 0 radical (unpaired) electrons. The fourth-order valence-electron chi connectivity index (χ4n) is 1.89. The average Bonchev–Trinajstić information content (AvgIpc) is 3.21. The number of hydrogen-bond donors (Lipinski definition) is 2. The standard InChI is InChI=1S/C15H19N5O5/c1-19(2)12(21)9-20-8-11(7-17-20)18-15(23)16-6-10-4-5-25-13(10)14(22)24-3/h4-5,7-8H,6,9H2,1-3H3,(H2,16,18,23). The number of amides is 3. The van der Waals surface area contributed by atoms with Crippen molar-refractivity contribution in [1.29, 1.82) is 0 Å². The van der Waals surface area contributed by atoms with Gasteiger partial charge in [0.15, 0.2) is 0 Å². The van der Waals surface area contributed by atoms with E-state index in [-0.39, 0.29) is 24.8 Å². The van der Waals surface area contributed by atoms with E-state index in [4.69, 9.17) is 4.42 Å². The number of carbonyl (C=O) groups is 3. The number of furan rings is 1. The Morgan fingerprint density at radius 2 is 2.12 bits per heavy atom. The summed E-state index contributed by atoms with van der Waals surface area (Å²) in [5, 5.41) is 9.18. The van der Waals surface area contributed by atoms with E-state index in [0.29, 0.717) is 11.3 Å².